The van der Waals surface area contributed by atoms with Gasteiger partial charge in [0.1, 0.15) is 5.82 Å². The molecule has 0 aliphatic carbocycles. The number of anilines is 1. The third kappa shape index (κ3) is 2.49. The molecule has 0 bridgehead atoms. The average molecular weight is 252 g/mol. The zero-order chi connectivity index (χ0) is 13.3. The molecule has 100 valence electrons. The lowest BCUT2D eigenvalue weighted by Gasteiger charge is -2.31. The maximum atomic E-state index is 13.3. The first kappa shape index (κ1) is 13.3. The van der Waals surface area contributed by atoms with Gasteiger partial charge in [-0.15, -0.1) is 0 Å². The molecule has 0 saturated carbocycles. The van der Waals surface area contributed by atoms with E-state index >= 15 is 0 Å². The van der Waals surface area contributed by atoms with Crippen LogP contribution in [0.4, 0.5) is 10.1 Å². The second-order valence-corrected chi connectivity index (χ2v) is 5.03. The molecule has 0 amide bonds. The number of rotatable bonds is 3. The molecule has 1 fully saturated rings. The van der Waals surface area contributed by atoms with Gasteiger partial charge in [0.15, 0.2) is 0 Å². The molecule has 1 heterocycles. The van der Waals surface area contributed by atoms with E-state index in [0.29, 0.717) is 6.04 Å². The molecule has 4 heteroatoms. The van der Waals surface area contributed by atoms with E-state index in [1.54, 1.807) is 6.07 Å². The Hall–Kier alpha value is -1.13. The lowest BCUT2D eigenvalue weighted by Crippen LogP contribution is -2.37. The van der Waals surface area contributed by atoms with Crippen molar-refractivity contribution in [3.63, 3.8) is 0 Å². The summed E-state index contributed by atoms with van der Waals surface area (Å²) >= 11 is 0. The monoisotopic (exact) mass is 252 g/mol. The van der Waals surface area contributed by atoms with E-state index in [0.717, 1.165) is 24.3 Å². The van der Waals surface area contributed by atoms with Crippen molar-refractivity contribution in [1.29, 1.82) is 0 Å². The normalized spacial score (nSPS) is 25.2. The van der Waals surface area contributed by atoms with Crippen LogP contribution in [0.2, 0.25) is 0 Å². The fraction of sp³-hybridized carbons (Fsp3) is 0.571. The molecule has 2 N–H and O–H groups in total. The van der Waals surface area contributed by atoms with Crippen molar-refractivity contribution in [1.82, 2.24) is 0 Å². The number of nitrogens with zero attached hydrogens (tertiary/aromatic N) is 1. The SMILES string of the molecule is CC(N)c1cc(F)ccc1N(C)C1CCOC1C. The molecule has 1 aliphatic heterocycles. The quantitative estimate of drug-likeness (QED) is 0.898. The van der Waals surface area contributed by atoms with E-state index in [9.17, 15) is 4.39 Å². The summed E-state index contributed by atoms with van der Waals surface area (Å²) in [6.07, 6.45) is 1.19. The molecular weight excluding hydrogens is 231 g/mol. The van der Waals surface area contributed by atoms with Crippen molar-refractivity contribution >= 4 is 5.69 Å². The highest BCUT2D eigenvalue weighted by molar-refractivity contribution is 5.55. The van der Waals surface area contributed by atoms with Crippen LogP contribution in [0.1, 0.15) is 31.9 Å². The van der Waals surface area contributed by atoms with Crippen LogP contribution in [-0.4, -0.2) is 25.8 Å². The average Bonchev–Trinajstić information content (AvgIpc) is 2.74. The van der Waals surface area contributed by atoms with E-state index in [1.807, 2.05) is 14.0 Å². The van der Waals surface area contributed by atoms with Crippen LogP contribution in [0, 0.1) is 5.82 Å². The molecule has 2 rings (SSSR count). The molecule has 3 nitrogen and oxygen atoms in total. The summed E-state index contributed by atoms with van der Waals surface area (Å²) < 4.78 is 18.9. The van der Waals surface area contributed by atoms with Crippen molar-refractivity contribution < 1.29 is 9.13 Å². The summed E-state index contributed by atoms with van der Waals surface area (Å²) in [6, 6.07) is 4.96. The summed E-state index contributed by atoms with van der Waals surface area (Å²) in [5, 5.41) is 0. The molecule has 1 aromatic carbocycles. The summed E-state index contributed by atoms with van der Waals surface area (Å²) in [5.41, 5.74) is 7.77. The minimum Gasteiger partial charge on any atom is -0.376 e. The van der Waals surface area contributed by atoms with Crippen LogP contribution in [0.5, 0.6) is 0 Å². The molecule has 0 aromatic heterocycles. The second-order valence-electron chi connectivity index (χ2n) is 5.03. The first-order valence-electron chi connectivity index (χ1n) is 6.40. The Morgan fingerprint density at radius 3 is 2.78 bits per heavy atom. The number of hydrogen-bond donors (Lipinski definition) is 1. The molecule has 3 unspecified atom stereocenters. The first-order chi connectivity index (χ1) is 8.50. The summed E-state index contributed by atoms with van der Waals surface area (Å²) in [4.78, 5) is 2.16. The number of likely N-dealkylation sites (N-methyl/N-ethyl adjacent to an activating group) is 1. The molecule has 1 aromatic rings. The van der Waals surface area contributed by atoms with Gasteiger partial charge in [-0.2, -0.15) is 0 Å². The van der Waals surface area contributed by atoms with Crippen molar-refractivity contribution in [2.45, 2.75) is 38.5 Å². The first-order valence-corrected chi connectivity index (χ1v) is 6.40. The molecule has 3 atom stereocenters. The number of halogens is 1. The van der Waals surface area contributed by atoms with Crippen molar-refractivity contribution in [3.05, 3.63) is 29.6 Å². The van der Waals surface area contributed by atoms with Crippen molar-refractivity contribution in [2.24, 2.45) is 5.73 Å². The van der Waals surface area contributed by atoms with Gasteiger partial charge in [-0.1, -0.05) is 0 Å². The van der Waals surface area contributed by atoms with Crippen LogP contribution in [0.25, 0.3) is 0 Å². The van der Waals surface area contributed by atoms with Crippen LogP contribution in [0.15, 0.2) is 18.2 Å². The van der Waals surface area contributed by atoms with Crippen molar-refractivity contribution in [2.75, 3.05) is 18.6 Å². The second kappa shape index (κ2) is 5.24. The van der Waals surface area contributed by atoms with Gasteiger partial charge in [0.2, 0.25) is 0 Å². The fourth-order valence-corrected chi connectivity index (χ4v) is 2.62. The van der Waals surface area contributed by atoms with Gasteiger partial charge >= 0.3 is 0 Å². The fourth-order valence-electron chi connectivity index (χ4n) is 2.62. The van der Waals surface area contributed by atoms with Crippen molar-refractivity contribution in [3.8, 4) is 0 Å². The Bertz CT molecular complexity index is 422. The largest absolute Gasteiger partial charge is 0.376 e. The standard InChI is InChI=1S/C14H21FN2O/c1-9(16)12-8-11(15)4-5-14(12)17(3)13-6-7-18-10(13)2/h4-5,8-10,13H,6-7,16H2,1-3H3. The van der Waals surface area contributed by atoms with E-state index in [4.69, 9.17) is 10.5 Å². The van der Waals surface area contributed by atoms with E-state index in [1.165, 1.54) is 12.1 Å². The molecular formula is C14H21FN2O. The smallest absolute Gasteiger partial charge is 0.123 e. The van der Waals surface area contributed by atoms with Crippen LogP contribution in [0.3, 0.4) is 0 Å². The Labute approximate surface area is 108 Å². The van der Waals surface area contributed by atoms with E-state index < -0.39 is 0 Å². The predicted octanol–water partition coefficient (Wildman–Crippen LogP) is 2.46. The summed E-state index contributed by atoms with van der Waals surface area (Å²) in [5.74, 6) is -0.241. The Kier molecular flexibility index (Phi) is 3.88. The van der Waals surface area contributed by atoms with Crippen LogP contribution in [-0.2, 0) is 4.74 Å². The molecule has 1 saturated heterocycles. The van der Waals surface area contributed by atoms with Gasteiger partial charge in [-0.3, -0.25) is 0 Å². The van der Waals surface area contributed by atoms with Crippen LogP contribution >= 0.6 is 0 Å². The third-order valence-electron chi connectivity index (χ3n) is 3.69. The lowest BCUT2D eigenvalue weighted by atomic mass is 10.0. The number of nitrogens with two attached hydrogens (primary N) is 1. The predicted molar refractivity (Wildman–Crippen MR) is 71.2 cm³/mol. The number of ether oxygens (including phenoxy) is 1. The van der Waals surface area contributed by atoms with Gasteiger partial charge < -0.3 is 15.4 Å². The minimum absolute atomic E-state index is 0.184. The maximum Gasteiger partial charge on any atom is 0.123 e. The zero-order valence-corrected chi connectivity index (χ0v) is 11.2. The van der Waals surface area contributed by atoms with E-state index in [2.05, 4.69) is 11.8 Å². The number of hydrogen-bond acceptors (Lipinski definition) is 3. The number of benzene rings is 1. The Balaban J connectivity index is 2.32. The molecule has 0 spiro atoms. The highest BCUT2D eigenvalue weighted by atomic mass is 19.1. The van der Waals surface area contributed by atoms with Gasteiger partial charge in [-0.05, 0) is 44.0 Å². The van der Waals surface area contributed by atoms with Gasteiger partial charge in [0, 0.05) is 25.4 Å². The molecule has 18 heavy (non-hydrogen) atoms. The Morgan fingerprint density at radius 2 is 2.22 bits per heavy atom. The topological polar surface area (TPSA) is 38.5 Å². The third-order valence-corrected chi connectivity index (χ3v) is 3.69. The Morgan fingerprint density at radius 1 is 1.50 bits per heavy atom. The van der Waals surface area contributed by atoms with E-state index in [-0.39, 0.29) is 18.0 Å². The lowest BCUT2D eigenvalue weighted by molar-refractivity contribution is 0.118. The highest BCUT2D eigenvalue weighted by Gasteiger charge is 2.29. The van der Waals surface area contributed by atoms with Crippen LogP contribution < -0.4 is 10.6 Å². The maximum absolute atomic E-state index is 13.3. The van der Waals surface area contributed by atoms with Gasteiger partial charge in [0.25, 0.3) is 0 Å². The highest BCUT2D eigenvalue weighted by Crippen LogP contribution is 2.30. The minimum atomic E-state index is -0.241. The summed E-state index contributed by atoms with van der Waals surface area (Å²) in [7, 11) is 2.02. The van der Waals surface area contributed by atoms with Gasteiger partial charge in [0.05, 0.1) is 12.1 Å². The molecule has 0 radical (unpaired) electrons. The molecule has 1 aliphatic rings. The summed E-state index contributed by atoms with van der Waals surface area (Å²) in [6.45, 7) is 4.73. The van der Waals surface area contributed by atoms with Gasteiger partial charge in [-0.25, -0.2) is 4.39 Å². The zero-order valence-electron chi connectivity index (χ0n) is 11.2.